The van der Waals surface area contributed by atoms with Crippen LogP contribution in [0.1, 0.15) is 18.0 Å². The fourth-order valence-electron chi connectivity index (χ4n) is 2.53. The summed E-state index contributed by atoms with van der Waals surface area (Å²) < 4.78 is 11.1. The molecular formula is C17H19Cl2IN4O2. The van der Waals surface area contributed by atoms with Crippen molar-refractivity contribution in [2.45, 2.75) is 12.5 Å². The number of halogens is 3. The summed E-state index contributed by atoms with van der Waals surface area (Å²) in [6.45, 7) is 1.33. The van der Waals surface area contributed by atoms with E-state index in [-0.39, 0.29) is 30.0 Å². The van der Waals surface area contributed by atoms with E-state index in [0.29, 0.717) is 41.6 Å². The fraction of sp³-hybridized carbons (Fsp3) is 0.294. The van der Waals surface area contributed by atoms with E-state index >= 15 is 0 Å². The molecule has 0 aliphatic carbocycles. The number of aliphatic imine (C=N–C) groups is 1. The number of hydrogen-bond donors (Lipinski definition) is 2. The predicted octanol–water partition coefficient (Wildman–Crippen LogP) is 3.81. The number of rotatable bonds is 5. The van der Waals surface area contributed by atoms with Gasteiger partial charge >= 0.3 is 0 Å². The third-order valence-corrected chi connectivity index (χ3v) is 4.14. The van der Waals surface area contributed by atoms with Crippen LogP contribution in [0.25, 0.3) is 0 Å². The number of nitrogens with zero attached hydrogens (tertiary/aromatic N) is 2. The first kappa shape index (κ1) is 20.9. The molecule has 1 unspecified atom stereocenters. The van der Waals surface area contributed by atoms with E-state index in [0.717, 1.165) is 17.7 Å². The second kappa shape index (κ2) is 10.0. The number of aromatic nitrogens is 1. The highest BCUT2D eigenvalue weighted by molar-refractivity contribution is 14.0. The Balaban J connectivity index is 0.00000243. The first-order chi connectivity index (χ1) is 12.1. The van der Waals surface area contributed by atoms with Crippen molar-refractivity contribution in [1.29, 1.82) is 0 Å². The average Bonchev–Trinajstić information content (AvgIpc) is 2.60. The zero-order chi connectivity index (χ0) is 17.6. The van der Waals surface area contributed by atoms with Gasteiger partial charge in [0.2, 0.25) is 5.88 Å². The Bertz CT molecular complexity index is 776. The van der Waals surface area contributed by atoms with Crippen molar-refractivity contribution in [3.63, 3.8) is 0 Å². The number of nitrogens with one attached hydrogen (secondary N) is 1. The minimum Gasteiger partial charge on any atom is -0.493 e. The average molecular weight is 509 g/mol. The normalized spacial score (nSPS) is 16.1. The first-order valence-electron chi connectivity index (χ1n) is 7.85. The van der Waals surface area contributed by atoms with Crippen LogP contribution >= 0.6 is 47.2 Å². The number of fused-ring (bicyclic) bond motifs is 1. The molecule has 1 aliphatic rings. The van der Waals surface area contributed by atoms with Gasteiger partial charge in [0.05, 0.1) is 24.2 Å². The molecule has 3 rings (SSSR count). The minimum absolute atomic E-state index is 0. The van der Waals surface area contributed by atoms with Gasteiger partial charge in [0.15, 0.2) is 5.96 Å². The fourth-order valence-corrected chi connectivity index (χ4v) is 2.97. The van der Waals surface area contributed by atoms with Crippen LogP contribution in [-0.4, -0.2) is 30.7 Å². The van der Waals surface area contributed by atoms with Gasteiger partial charge in [-0.15, -0.1) is 24.0 Å². The van der Waals surface area contributed by atoms with E-state index in [1.165, 1.54) is 6.20 Å². The molecule has 1 aliphatic heterocycles. The maximum absolute atomic E-state index is 5.99. The Morgan fingerprint density at radius 2 is 2.19 bits per heavy atom. The molecule has 0 bridgehead atoms. The summed E-state index contributed by atoms with van der Waals surface area (Å²) in [4.78, 5) is 8.29. The molecule has 1 atom stereocenters. The van der Waals surface area contributed by atoms with Gasteiger partial charge in [0, 0.05) is 18.2 Å². The summed E-state index contributed by atoms with van der Waals surface area (Å²) >= 11 is 11.8. The number of pyridine rings is 1. The van der Waals surface area contributed by atoms with Crippen LogP contribution < -0.4 is 20.5 Å². The lowest BCUT2D eigenvalue weighted by molar-refractivity contribution is 0.262. The van der Waals surface area contributed by atoms with Crippen molar-refractivity contribution in [1.82, 2.24) is 10.3 Å². The first-order valence-corrected chi connectivity index (χ1v) is 8.61. The summed E-state index contributed by atoms with van der Waals surface area (Å²) in [6.07, 6.45) is 2.30. The highest BCUT2D eigenvalue weighted by Crippen LogP contribution is 2.31. The highest BCUT2D eigenvalue weighted by atomic mass is 127. The van der Waals surface area contributed by atoms with Gasteiger partial charge in [-0.05, 0) is 12.1 Å². The Morgan fingerprint density at radius 3 is 3.00 bits per heavy atom. The van der Waals surface area contributed by atoms with E-state index < -0.39 is 0 Å². The number of ether oxygens (including phenoxy) is 2. The van der Waals surface area contributed by atoms with Gasteiger partial charge < -0.3 is 20.5 Å². The molecule has 0 saturated heterocycles. The molecule has 2 heterocycles. The van der Waals surface area contributed by atoms with Crippen molar-refractivity contribution in [3.05, 3.63) is 52.1 Å². The van der Waals surface area contributed by atoms with Gasteiger partial charge in [-0.3, -0.25) is 0 Å². The molecule has 0 amide bonds. The number of benzene rings is 1. The zero-order valence-electron chi connectivity index (χ0n) is 13.8. The van der Waals surface area contributed by atoms with Crippen LogP contribution in [0.5, 0.6) is 11.6 Å². The molecule has 0 radical (unpaired) electrons. The van der Waals surface area contributed by atoms with Crippen molar-refractivity contribution in [2.24, 2.45) is 10.7 Å². The second-order valence-electron chi connectivity index (χ2n) is 5.43. The van der Waals surface area contributed by atoms with Crippen LogP contribution in [0.3, 0.4) is 0 Å². The molecule has 0 spiro atoms. The van der Waals surface area contributed by atoms with Gasteiger partial charge in [-0.2, -0.15) is 0 Å². The Morgan fingerprint density at radius 1 is 1.38 bits per heavy atom. The second-order valence-corrected chi connectivity index (χ2v) is 6.27. The molecule has 2 aromatic rings. The van der Waals surface area contributed by atoms with E-state index in [1.54, 1.807) is 6.07 Å². The molecule has 1 aromatic heterocycles. The van der Waals surface area contributed by atoms with Crippen LogP contribution in [0.4, 0.5) is 0 Å². The van der Waals surface area contributed by atoms with Crippen LogP contribution in [0, 0.1) is 0 Å². The molecule has 26 heavy (non-hydrogen) atoms. The summed E-state index contributed by atoms with van der Waals surface area (Å²) in [5, 5.41) is 4.05. The summed E-state index contributed by atoms with van der Waals surface area (Å²) in [5.41, 5.74) is 7.06. The van der Waals surface area contributed by atoms with E-state index in [4.69, 9.17) is 38.4 Å². The van der Waals surface area contributed by atoms with Crippen molar-refractivity contribution in [3.8, 4) is 11.6 Å². The zero-order valence-corrected chi connectivity index (χ0v) is 17.7. The molecule has 0 fully saturated rings. The van der Waals surface area contributed by atoms with Crippen molar-refractivity contribution >= 4 is 53.1 Å². The predicted molar refractivity (Wildman–Crippen MR) is 114 cm³/mol. The summed E-state index contributed by atoms with van der Waals surface area (Å²) in [6, 6.07) is 9.57. The smallest absolute Gasteiger partial charge is 0.232 e. The molecule has 1 aromatic carbocycles. The maximum atomic E-state index is 5.99. The van der Waals surface area contributed by atoms with Gasteiger partial charge in [-0.25, -0.2) is 9.98 Å². The van der Waals surface area contributed by atoms with E-state index in [9.17, 15) is 0 Å². The van der Waals surface area contributed by atoms with Gasteiger partial charge in [-0.1, -0.05) is 41.4 Å². The molecule has 140 valence electrons. The van der Waals surface area contributed by atoms with Gasteiger partial charge in [0.1, 0.15) is 17.4 Å². The lowest BCUT2D eigenvalue weighted by Gasteiger charge is -2.26. The summed E-state index contributed by atoms with van der Waals surface area (Å²) in [7, 11) is 0. The third-order valence-electron chi connectivity index (χ3n) is 3.67. The Labute approximate surface area is 179 Å². The minimum atomic E-state index is 0. The topological polar surface area (TPSA) is 81.8 Å². The lowest BCUT2D eigenvalue weighted by Crippen LogP contribution is -2.37. The SMILES string of the molecule is I.NC(=NCCOc1ncc(Cl)cc1Cl)NC1CCOc2ccccc21. The number of nitrogens with two attached hydrogens (primary N) is 1. The van der Waals surface area contributed by atoms with E-state index in [1.807, 2.05) is 24.3 Å². The quantitative estimate of drug-likeness (QED) is 0.278. The van der Waals surface area contributed by atoms with E-state index in [2.05, 4.69) is 15.3 Å². The van der Waals surface area contributed by atoms with Crippen molar-refractivity contribution < 1.29 is 9.47 Å². The molecule has 6 nitrogen and oxygen atoms in total. The molecule has 9 heteroatoms. The number of para-hydroxylation sites is 1. The Hall–Kier alpha value is -1.45. The van der Waals surface area contributed by atoms with Crippen molar-refractivity contribution in [2.75, 3.05) is 19.8 Å². The van der Waals surface area contributed by atoms with Crippen LogP contribution in [0.15, 0.2) is 41.5 Å². The van der Waals surface area contributed by atoms with Crippen LogP contribution in [-0.2, 0) is 0 Å². The number of guanidine groups is 1. The molecule has 0 saturated carbocycles. The standard InChI is InChI=1S/C17H18Cl2N4O2.HI/c18-11-9-13(19)16(22-10-11)25-8-6-21-17(20)23-14-5-7-24-15-4-2-1-3-12(14)15;/h1-4,9-10,14H,5-8H2,(H3,20,21,23);1H. The van der Waals surface area contributed by atoms with Crippen LogP contribution in [0.2, 0.25) is 10.0 Å². The monoisotopic (exact) mass is 508 g/mol. The maximum Gasteiger partial charge on any atom is 0.232 e. The summed E-state index contributed by atoms with van der Waals surface area (Å²) in [5.74, 6) is 1.57. The third kappa shape index (κ3) is 5.52. The molecular weight excluding hydrogens is 490 g/mol. The molecule has 3 N–H and O–H groups in total. The van der Waals surface area contributed by atoms with Gasteiger partial charge in [0.25, 0.3) is 0 Å². The lowest BCUT2D eigenvalue weighted by atomic mass is 10.0. The largest absolute Gasteiger partial charge is 0.493 e. The highest BCUT2D eigenvalue weighted by Gasteiger charge is 2.21. The number of hydrogen-bond acceptors (Lipinski definition) is 4. The Kier molecular flexibility index (Phi) is 8.05.